The number of para-hydroxylation sites is 2. The van der Waals surface area contributed by atoms with E-state index in [1.807, 2.05) is 36.4 Å². The van der Waals surface area contributed by atoms with E-state index in [2.05, 4.69) is 10.6 Å². The number of nitrogen functional groups attached to an aromatic ring is 1. The molecule has 3 aromatic carbocycles. The molecule has 9 nitrogen and oxygen atoms in total. The molecule has 6 N–H and O–H groups in total. The Morgan fingerprint density at radius 2 is 1.56 bits per heavy atom. The Kier molecular flexibility index (Phi) is 11.6. The SMILES string of the molecule is Nc1ccccc1NC(=O)CCCC(=O)Nc1ccc([C@H]2O[C@@H](CSCCO)C[C@@H](c3ccc(CO)cc3)O2)cc1. The number of carbonyl (C=O) groups is 2. The number of amides is 2. The Balaban J connectivity index is 1.30. The molecule has 0 aromatic heterocycles. The van der Waals surface area contributed by atoms with E-state index >= 15 is 0 Å². The number of nitrogens with one attached hydrogen (secondary N) is 2. The zero-order chi connectivity index (χ0) is 29.0. The molecule has 0 spiro atoms. The van der Waals surface area contributed by atoms with Gasteiger partial charge >= 0.3 is 0 Å². The molecular weight excluding hydrogens is 542 g/mol. The summed E-state index contributed by atoms with van der Waals surface area (Å²) in [7, 11) is 0. The average Bonchev–Trinajstić information content (AvgIpc) is 2.99. The van der Waals surface area contributed by atoms with Crippen LogP contribution in [0.5, 0.6) is 0 Å². The van der Waals surface area contributed by atoms with Gasteiger partial charge in [0.2, 0.25) is 11.8 Å². The number of rotatable bonds is 13. The summed E-state index contributed by atoms with van der Waals surface area (Å²) in [5.74, 6) is 1.00. The Hall–Kier alpha value is -3.41. The minimum absolute atomic E-state index is 0.0139. The molecule has 1 saturated heterocycles. The second-order valence-electron chi connectivity index (χ2n) is 9.81. The van der Waals surface area contributed by atoms with Crippen LogP contribution >= 0.6 is 11.8 Å². The van der Waals surface area contributed by atoms with Crippen LogP contribution < -0.4 is 16.4 Å². The van der Waals surface area contributed by atoms with Crippen molar-refractivity contribution >= 4 is 40.6 Å². The maximum atomic E-state index is 12.5. The summed E-state index contributed by atoms with van der Waals surface area (Å²) in [4.78, 5) is 24.6. The lowest BCUT2D eigenvalue weighted by molar-refractivity contribution is -0.245. The molecule has 1 fully saturated rings. The highest BCUT2D eigenvalue weighted by molar-refractivity contribution is 7.99. The second kappa shape index (κ2) is 15.6. The number of carbonyl (C=O) groups excluding carboxylic acids is 2. The zero-order valence-electron chi connectivity index (χ0n) is 22.8. The third-order valence-corrected chi connectivity index (χ3v) is 7.74. The first-order valence-electron chi connectivity index (χ1n) is 13.7. The van der Waals surface area contributed by atoms with Crippen LogP contribution in [0.3, 0.4) is 0 Å². The van der Waals surface area contributed by atoms with E-state index in [4.69, 9.17) is 15.2 Å². The van der Waals surface area contributed by atoms with E-state index in [0.29, 0.717) is 35.7 Å². The first-order chi connectivity index (χ1) is 19.9. The number of anilines is 3. The smallest absolute Gasteiger partial charge is 0.224 e. The van der Waals surface area contributed by atoms with Gasteiger partial charge in [0.25, 0.3) is 0 Å². The quantitative estimate of drug-likeness (QED) is 0.144. The van der Waals surface area contributed by atoms with Gasteiger partial charge in [-0.1, -0.05) is 48.5 Å². The maximum absolute atomic E-state index is 12.5. The highest BCUT2D eigenvalue weighted by atomic mass is 32.2. The van der Waals surface area contributed by atoms with Crippen molar-refractivity contribution in [1.29, 1.82) is 0 Å². The zero-order valence-corrected chi connectivity index (χ0v) is 23.6. The van der Waals surface area contributed by atoms with Crippen LogP contribution in [0, 0.1) is 0 Å². The van der Waals surface area contributed by atoms with Crippen LogP contribution in [-0.4, -0.2) is 46.2 Å². The van der Waals surface area contributed by atoms with Crippen molar-refractivity contribution in [2.24, 2.45) is 0 Å². The van der Waals surface area contributed by atoms with Gasteiger partial charge in [0, 0.05) is 42.0 Å². The van der Waals surface area contributed by atoms with Gasteiger partial charge in [-0.15, -0.1) is 0 Å². The molecule has 10 heteroatoms. The topological polar surface area (TPSA) is 143 Å². The normalized spacial score (nSPS) is 18.5. The van der Waals surface area contributed by atoms with E-state index in [1.165, 1.54) is 0 Å². The Morgan fingerprint density at radius 1 is 0.878 bits per heavy atom. The van der Waals surface area contributed by atoms with Gasteiger partial charge < -0.3 is 36.1 Å². The summed E-state index contributed by atoms with van der Waals surface area (Å²) >= 11 is 1.64. The third kappa shape index (κ3) is 9.31. The van der Waals surface area contributed by atoms with Crippen LogP contribution in [0.15, 0.2) is 72.8 Å². The average molecular weight is 580 g/mol. The van der Waals surface area contributed by atoms with Gasteiger partial charge in [0.05, 0.1) is 36.8 Å². The molecule has 0 radical (unpaired) electrons. The van der Waals surface area contributed by atoms with Crippen LogP contribution in [0.4, 0.5) is 17.1 Å². The molecule has 3 atom stereocenters. The number of aliphatic hydroxyl groups excluding tert-OH is 2. The highest BCUT2D eigenvalue weighted by Crippen LogP contribution is 2.39. The lowest BCUT2D eigenvalue weighted by atomic mass is 10.0. The van der Waals surface area contributed by atoms with Crippen molar-refractivity contribution in [1.82, 2.24) is 0 Å². The summed E-state index contributed by atoms with van der Waals surface area (Å²) in [6.45, 7) is 0.104. The van der Waals surface area contributed by atoms with E-state index in [1.54, 1.807) is 48.2 Å². The third-order valence-electron chi connectivity index (χ3n) is 6.66. The largest absolute Gasteiger partial charge is 0.397 e. The number of benzene rings is 3. The summed E-state index contributed by atoms with van der Waals surface area (Å²) in [5.41, 5.74) is 10.2. The van der Waals surface area contributed by atoms with Crippen LogP contribution in [0.25, 0.3) is 0 Å². The van der Waals surface area contributed by atoms with Crippen molar-refractivity contribution in [3.05, 3.63) is 89.5 Å². The Bertz CT molecular complexity index is 1270. The number of ether oxygens (including phenoxy) is 2. The van der Waals surface area contributed by atoms with E-state index < -0.39 is 6.29 Å². The minimum Gasteiger partial charge on any atom is -0.397 e. The first kappa shape index (κ1) is 30.5. The fraction of sp³-hybridized carbons (Fsp3) is 0.355. The molecule has 41 heavy (non-hydrogen) atoms. The number of aliphatic hydroxyl groups is 2. The summed E-state index contributed by atoms with van der Waals surface area (Å²) in [6.07, 6.45) is 0.657. The lowest BCUT2D eigenvalue weighted by Gasteiger charge is -2.36. The maximum Gasteiger partial charge on any atom is 0.224 e. The molecule has 2 amide bonds. The van der Waals surface area contributed by atoms with Gasteiger partial charge in [-0.3, -0.25) is 9.59 Å². The highest BCUT2D eigenvalue weighted by Gasteiger charge is 2.32. The molecule has 3 aromatic rings. The number of hydrogen-bond donors (Lipinski definition) is 5. The molecule has 1 aliphatic heterocycles. The van der Waals surface area contributed by atoms with E-state index in [0.717, 1.165) is 22.4 Å². The first-order valence-corrected chi connectivity index (χ1v) is 14.8. The number of nitrogens with two attached hydrogens (primary N) is 1. The van der Waals surface area contributed by atoms with Gasteiger partial charge in [0.15, 0.2) is 6.29 Å². The minimum atomic E-state index is -0.590. The molecule has 0 unspecified atom stereocenters. The van der Waals surface area contributed by atoms with Crippen molar-refractivity contribution in [3.8, 4) is 0 Å². The van der Waals surface area contributed by atoms with Gasteiger partial charge in [-0.05, 0) is 41.8 Å². The molecule has 0 bridgehead atoms. The summed E-state index contributed by atoms with van der Waals surface area (Å²) in [5, 5.41) is 24.2. The van der Waals surface area contributed by atoms with E-state index in [9.17, 15) is 19.8 Å². The lowest BCUT2D eigenvalue weighted by Crippen LogP contribution is -2.31. The predicted molar refractivity (Wildman–Crippen MR) is 161 cm³/mol. The number of hydrogen-bond acceptors (Lipinski definition) is 8. The summed E-state index contributed by atoms with van der Waals surface area (Å²) < 4.78 is 12.6. The van der Waals surface area contributed by atoms with Crippen molar-refractivity contribution in [3.63, 3.8) is 0 Å². The molecule has 1 heterocycles. The Labute approximate surface area is 244 Å². The fourth-order valence-corrected chi connectivity index (χ4v) is 5.26. The van der Waals surface area contributed by atoms with Crippen LogP contribution in [0.2, 0.25) is 0 Å². The molecule has 4 rings (SSSR count). The Morgan fingerprint density at radius 3 is 2.24 bits per heavy atom. The van der Waals surface area contributed by atoms with Gasteiger partial charge in [-0.25, -0.2) is 0 Å². The molecule has 0 aliphatic carbocycles. The standard InChI is InChI=1S/C31H37N3O6S/c32-26-4-1-2-5-27(26)34-30(38)7-3-6-29(37)33-24-14-12-23(13-15-24)31-39-25(20-41-17-16-35)18-28(40-31)22-10-8-21(19-36)9-11-22/h1-2,4-5,8-15,25,28,31,35-36H,3,6-7,16-20,32H2,(H,33,37)(H,34,38)/t25-,28+,31+/m1/s1. The predicted octanol–water partition coefficient (Wildman–Crippen LogP) is 4.78. The molecule has 1 aliphatic rings. The summed E-state index contributed by atoms with van der Waals surface area (Å²) in [6, 6.07) is 22.1. The van der Waals surface area contributed by atoms with Crippen molar-refractivity contribution in [2.75, 3.05) is 34.5 Å². The van der Waals surface area contributed by atoms with Crippen LogP contribution in [-0.2, 0) is 25.7 Å². The van der Waals surface area contributed by atoms with E-state index in [-0.39, 0.29) is 50.1 Å². The van der Waals surface area contributed by atoms with Crippen LogP contribution in [0.1, 0.15) is 54.8 Å². The monoisotopic (exact) mass is 579 g/mol. The van der Waals surface area contributed by atoms with Crippen molar-refractivity contribution < 1.29 is 29.3 Å². The van der Waals surface area contributed by atoms with Gasteiger partial charge in [-0.2, -0.15) is 11.8 Å². The fourth-order valence-electron chi connectivity index (χ4n) is 4.48. The second-order valence-corrected chi connectivity index (χ2v) is 11.0. The molecular formula is C31H37N3O6S. The molecule has 0 saturated carbocycles. The van der Waals surface area contributed by atoms with Gasteiger partial charge in [0.1, 0.15) is 0 Å². The number of thioether (sulfide) groups is 1. The van der Waals surface area contributed by atoms with Crippen molar-refractivity contribution in [2.45, 2.75) is 50.8 Å². The molecule has 218 valence electrons.